The van der Waals surface area contributed by atoms with Crippen LogP contribution in [0.5, 0.6) is 11.5 Å². The van der Waals surface area contributed by atoms with E-state index in [-0.39, 0.29) is 17.5 Å². The zero-order valence-corrected chi connectivity index (χ0v) is 8.03. The number of nitrogens with one attached hydrogen (secondary N) is 1. The van der Waals surface area contributed by atoms with Gasteiger partial charge < -0.3 is 15.5 Å². The van der Waals surface area contributed by atoms with E-state index in [2.05, 4.69) is 5.32 Å². The molecule has 1 aliphatic heterocycles. The van der Waals surface area contributed by atoms with Gasteiger partial charge in [-0.1, -0.05) is 6.42 Å². The van der Waals surface area contributed by atoms with Gasteiger partial charge in [0.15, 0.2) is 0 Å². The third kappa shape index (κ3) is 1.82. The maximum Gasteiger partial charge on any atom is 0.120 e. The molecule has 0 aromatic heterocycles. The molecule has 1 atom stereocenters. The number of hydrogen-bond acceptors (Lipinski definition) is 3. The summed E-state index contributed by atoms with van der Waals surface area (Å²) in [5.74, 6) is 0.479. The third-order valence-corrected chi connectivity index (χ3v) is 2.70. The third-order valence-electron chi connectivity index (χ3n) is 2.70. The van der Waals surface area contributed by atoms with Gasteiger partial charge in [0.2, 0.25) is 0 Å². The molecule has 0 saturated carbocycles. The SMILES string of the molecule is Oc1ccc(O)c(C2CCCCN2)c1. The summed E-state index contributed by atoms with van der Waals surface area (Å²) >= 11 is 0. The average molecular weight is 193 g/mol. The van der Waals surface area contributed by atoms with Crippen LogP contribution in [-0.2, 0) is 0 Å². The van der Waals surface area contributed by atoms with Gasteiger partial charge in [-0.3, -0.25) is 0 Å². The summed E-state index contributed by atoms with van der Waals surface area (Å²) in [7, 11) is 0. The molecule has 1 aliphatic rings. The van der Waals surface area contributed by atoms with Gasteiger partial charge in [-0.25, -0.2) is 0 Å². The standard InChI is InChI=1S/C11H15NO2/c13-8-4-5-11(14)9(7-8)10-3-1-2-6-12-10/h4-5,7,10,12-14H,1-3,6H2. The van der Waals surface area contributed by atoms with Gasteiger partial charge in [-0.05, 0) is 37.6 Å². The van der Waals surface area contributed by atoms with Crippen LogP contribution in [0, 0.1) is 0 Å². The van der Waals surface area contributed by atoms with E-state index >= 15 is 0 Å². The summed E-state index contributed by atoms with van der Waals surface area (Å²) < 4.78 is 0. The van der Waals surface area contributed by atoms with E-state index in [0.717, 1.165) is 18.5 Å². The predicted octanol–water partition coefficient (Wildman–Crippen LogP) is 1.91. The summed E-state index contributed by atoms with van der Waals surface area (Å²) in [6.07, 6.45) is 3.39. The molecular weight excluding hydrogens is 178 g/mol. The van der Waals surface area contributed by atoms with E-state index in [4.69, 9.17) is 0 Å². The molecular formula is C11H15NO2. The highest BCUT2D eigenvalue weighted by Crippen LogP contribution is 2.32. The smallest absolute Gasteiger partial charge is 0.120 e. The van der Waals surface area contributed by atoms with E-state index in [1.807, 2.05) is 0 Å². The van der Waals surface area contributed by atoms with Crippen molar-refractivity contribution in [3.05, 3.63) is 23.8 Å². The van der Waals surface area contributed by atoms with Crippen molar-refractivity contribution in [3.63, 3.8) is 0 Å². The van der Waals surface area contributed by atoms with Crippen LogP contribution in [-0.4, -0.2) is 16.8 Å². The molecule has 3 nitrogen and oxygen atoms in total. The first kappa shape index (κ1) is 9.34. The quantitative estimate of drug-likeness (QED) is 0.597. The van der Waals surface area contributed by atoms with Gasteiger partial charge in [-0.2, -0.15) is 0 Å². The molecule has 0 amide bonds. The fourth-order valence-corrected chi connectivity index (χ4v) is 1.94. The van der Waals surface area contributed by atoms with Crippen LogP contribution < -0.4 is 5.32 Å². The maximum absolute atomic E-state index is 9.64. The Morgan fingerprint density at radius 3 is 2.79 bits per heavy atom. The Bertz CT molecular complexity index is 319. The molecule has 2 rings (SSSR count). The van der Waals surface area contributed by atoms with Gasteiger partial charge in [0.25, 0.3) is 0 Å². The summed E-state index contributed by atoms with van der Waals surface area (Å²) in [6, 6.07) is 4.87. The van der Waals surface area contributed by atoms with Crippen LogP contribution in [0.2, 0.25) is 0 Å². The van der Waals surface area contributed by atoms with Crippen LogP contribution in [0.4, 0.5) is 0 Å². The molecule has 1 saturated heterocycles. The highest BCUT2D eigenvalue weighted by atomic mass is 16.3. The minimum absolute atomic E-state index is 0.191. The molecule has 1 heterocycles. The van der Waals surface area contributed by atoms with Crippen molar-refractivity contribution in [1.82, 2.24) is 5.32 Å². The number of phenolic OH excluding ortho intramolecular Hbond substituents is 2. The molecule has 1 aromatic carbocycles. The number of hydrogen-bond donors (Lipinski definition) is 3. The van der Waals surface area contributed by atoms with E-state index in [0.29, 0.717) is 0 Å². The maximum atomic E-state index is 9.64. The van der Waals surface area contributed by atoms with Crippen LogP contribution in [0.3, 0.4) is 0 Å². The molecule has 0 aliphatic carbocycles. The summed E-state index contributed by atoms with van der Waals surface area (Å²) in [4.78, 5) is 0. The normalized spacial score (nSPS) is 22.1. The van der Waals surface area contributed by atoms with Crippen molar-refractivity contribution in [2.75, 3.05) is 6.54 Å². The molecule has 14 heavy (non-hydrogen) atoms. The number of piperidine rings is 1. The van der Waals surface area contributed by atoms with Gasteiger partial charge >= 0.3 is 0 Å². The second-order valence-corrected chi connectivity index (χ2v) is 3.75. The minimum Gasteiger partial charge on any atom is -0.508 e. The lowest BCUT2D eigenvalue weighted by Gasteiger charge is -2.24. The second kappa shape index (κ2) is 3.88. The van der Waals surface area contributed by atoms with Crippen LogP contribution in [0.1, 0.15) is 30.9 Å². The van der Waals surface area contributed by atoms with Crippen molar-refractivity contribution in [1.29, 1.82) is 0 Å². The molecule has 1 aromatic rings. The first-order valence-corrected chi connectivity index (χ1v) is 5.02. The van der Waals surface area contributed by atoms with Crippen LogP contribution in [0.15, 0.2) is 18.2 Å². The minimum atomic E-state index is 0.191. The number of rotatable bonds is 1. The molecule has 0 bridgehead atoms. The predicted molar refractivity (Wildman–Crippen MR) is 54.4 cm³/mol. The van der Waals surface area contributed by atoms with E-state index < -0.39 is 0 Å². The van der Waals surface area contributed by atoms with Crippen molar-refractivity contribution < 1.29 is 10.2 Å². The molecule has 3 N–H and O–H groups in total. The number of benzene rings is 1. The van der Waals surface area contributed by atoms with Crippen molar-refractivity contribution in [2.45, 2.75) is 25.3 Å². The summed E-state index contributed by atoms with van der Waals surface area (Å²) in [5, 5.41) is 22.3. The number of phenols is 2. The topological polar surface area (TPSA) is 52.5 Å². The Balaban J connectivity index is 2.24. The Hall–Kier alpha value is -1.22. The van der Waals surface area contributed by atoms with E-state index in [1.165, 1.54) is 18.9 Å². The van der Waals surface area contributed by atoms with Gasteiger partial charge in [0, 0.05) is 11.6 Å². The average Bonchev–Trinajstić information content (AvgIpc) is 2.23. The van der Waals surface area contributed by atoms with Crippen LogP contribution in [0.25, 0.3) is 0 Å². The van der Waals surface area contributed by atoms with Gasteiger partial charge in [-0.15, -0.1) is 0 Å². The van der Waals surface area contributed by atoms with E-state index in [1.54, 1.807) is 12.1 Å². The fraction of sp³-hybridized carbons (Fsp3) is 0.455. The summed E-state index contributed by atoms with van der Waals surface area (Å²) in [6.45, 7) is 0.986. The van der Waals surface area contributed by atoms with Crippen molar-refractivity contribution in [3.8, 4) is 11.5 Å². The summed E-state index contributed by atoms with van der Waals surface area (Å²) in [5.41, 5.74) is 0.810. The van der Waals surface area contributed by atoms with Crippen molar-refractivity contribution >= 4 is 0 Å². The molecule has 0 radical (unpaired) electrons. The largest absolute Gasteiger partial charge is 0.508 e. The Morgan fingerprint density at radius 1 is 1.21 bits per heavy atom. The zero-order valence-electron chi connectivity index (χ0n) is 8.03. The Labute approximate surface area is 83.4 Å². The lowest BCUT2D eigenvalue weighted by atomic mass is 9.97. The zero-order chi connectivity index (χ0) is 9.97. The first-order valence-electron chi connectivity index (χ1n) is 5.02. The Morgan fingerprint density at radius 2 is 2.07 bits per heavy atom. The molecule has 0 spiro atoms. The molecule has 1 unspecified atom stereocenters. The highest BCUT2D eigenvalue weighted by molar-refractivity contribution is 5.40. The fourth-order valence-electron chi connectivity index (χ4n) is 1.94. The first-order chi connectivity index (χ1) is 6.77. The van der Waals surface area contributed by atoms with E-state index in [9.17, 15) is 10.2 Å². The van der Waals surface area contributed by atoms with Crippen LogP contribution >= 0.6 is 0 Å². The van der Waals surface area contributed by atoms with Gasteiger partial charge in [0.05, 0.1) is 0 Å². The highest BCUT2D eigenvalue weighted by Gasteiger charge is 2.17. The Kier molecular flexibility index (Phi) is 2.59. The molecule has 1 fully saturated rings. The molecule has 3 heteroatoms. The molecule has 76 valence electrons. The second-order valence-electron chi connectivity index (χ2n) is 3.75. The monoisotopic (exact) mass is 193 g/mol. The number of aromatic hydroxyl groups is 2. The lowest BCUT2D eigenvalue weighted by molar-refractivity contribution is 0.387. The van der Waals surface area contributed by atoms with Crippen molar-refractivity contribution in [2.24, 2.45) is 0 Å². The lowest BCUT2D eigenvalue weighted by Crippen LogP contribution is -2.26. The van der Waals surface area contributed by atoms with Gasteiger partial charge in [0.1, 0.15) is 11.5 Å².